The lowest BCUT2D eigenvalue weighted by Gasteiger charge is -2.00. The van der Waals surface area contributed by atoms with Crippen LogP contribution in [0.5, 0.6) is 5.75 Å². The van der Waals surface area contributed by atoms with Crippen molar-refractivity contribution in [2.45, 2.75) is 6.92 Å². The molecule has 0 unspecified atom stereocenters. The number of nitrogens with zero attached hydrogens (tertiary/aromatic N) is 1. The molecule has 0 aliphatic heterocycles. The van der Waals surface area contributed by atoms with Crippen molar-refractivity contribution in [1.82, 2.24) is 4.98 Å². The zero-order chi connectivity index (χ0) is 19.7. The number of methoxy groups -OCH3 is 1. The van der Waals surface area contributed by atoms with Crippen LogP contribution in [0.15, 0.2) is 46.9 Å². The molecule has 7 nitrogen and oxygen atoms in total. The van der Waals surface area contributed by atoms with Crippen LogP contribution < -0.4 is 10.1 Å². The van der Waals surface area contributed by atoms with Crippen LogP contribution >= 0.6 is 11.3 Å². The van der Waals surface area contributed by atoms with Gasteiger partial charge in [-0.15, -0.1) is 0 Å². The quantitative estimate of drug-likeness (QED) is 0.500. The lowest BCUT2D eigenvalue weighted by atomic mass is 10.2. The molecule has 0 aliphatic carbocycles. The molecule has 0 spiro atoms. The maximum absolute atomic E-state index is 12.6. The van der Waals surface area contributed by atoms with Crippen molar-refractivity contribution in [2.75, 3.05) is 19.0 Å². The Hall–Kier alpha value is -3.39. The molecule has 1 amide bonds. The Morgan fingerprint density at radius 1 is 1.21 bits per heavy atom. The molecule has 2 heterocycles. The maximum atomic E-state index is 12.6. The van der Waals surface area contributed by atoms with E-state index in [1.54, 1.807) is 44.4 Å². The van der Waals surface area contributed by atoms with E-state index in [9.17, 15) is 9.59 Å². The van der Waals surface area contributed by atoms with Gasteiger partial charge in [-0.25, -0.2) is 9.78 Å². The summed E-state index contributed by atoms with van der Waals surface area (Å²) >= 11 is 1.27. The average molecular weight is 396 g/mol. The second kappa shape index (κ2) is 7.32. The number of amides is 1. The first-order valence-corrected chi connectivity index (χ1v) is 9.36. The molecule has 28 heavy (non-hydrogen) atoms. The normalized spacial score (nSPS) is 10.9. The van der Waals surface area contributed by atoms with E-state index in [4.69, 9.17) is 13.9 Å². The number of hydrogen-bond donors (Lipinski definition) is 1. The fourth-order valence-corrected chi connectivity index (χ4v) is 3.69. The maximum Gasteiger partial charge on any atom is 0.338 e. The van der Waals surface area contributed by atoms with Gasteiger partial charge in [-0.3, -0.25) is 10.1 Å². The Morgan fingerprint density at radius 3 is 2.86 bits per heavy atom. The molecule has 2 aromatic carbocycles. The highest BCUT2D eigenvalue weighted by molar-refractivity contribution is 7.22. The summed E-state index contributed by atoms with van der Waals surface area (Å²) in [5.41, 5.74) is 1.64. The van der Waals surface area contributed by atoms with Crippen molar-refractivity contribution in [3.05, 3.63) is 53.8 Å². The third kappa shape index (κ3) is 3.29. The Kier molecular flexibility index (Phi) is 4.70. The van der Waals surface area contributed by atoms with Crippen molar-refractivity contribution in [2.24, 2.45) is 0 Å². The van der Waals surface area contributed by atoms with Gasteiger partial charge in [-0.1, -0.05) is 23.5 Å². The minimum Gasteiger partial charge on any atom is -0.493 e. The number of rotatable bonds is 5. The number of benzene rings is 2. The number of para-hydroxylation sites is 1. The molecule has 1 N–H and O–H groups in total. The predicted octanol–water partition coefficient (Wildman–Crippen LogP) is 4.48. The summed E-state index contributed by atoms with van der Waals surface area (Å²) in [6, 6.07) is 12.2. The molecule has 0 atom stereocenters. The van der Waals surface area contributed by atoms with Gasteiger partial charge in [0.1, 0.15) is 0 Å². The number of esters is 1. The molecule has 4 rings (SSSR count). The minimum atomic E-state index is -0.414. The number of furan rings is 1. The number of carbonyl (C=O) groups excluding carboxylic acids is 2. The van der Waals surface area contributed by atoms with Gasteiger partial charge < -0.3 is 13.9 Å². The number of nitrogens with one attached hydrogen (secondary N) is 1. The largest absolute Gasteiger partial charge is 0.493 e. The van der Waals surface area contributed by atoms with Crippen molar-refractivity contribution in [3.63, 3.8) is 0 Å². The molecule has 0 fully saturated rings. The first-order chi connectivity index (χ1) is 13.6. The summed E-state index contributed by atoms with van der Waals surface area (Å²) in [4.78, 5) is 28.8. The van der Waals surface area contributed by atoms with Crippen LogP contribution in [-0.4, -0.2) is 30.6 Å². The van der Waals surface area contributed by atoms with E-state index in [0.717, 1.165) is 10.1 Å². The van der Waals surface area contributed by atoms with Gasteiger partial charge in [-0.2, -0.15) is 0 Å². The fourth-order valence-electron chi connectivity index (χ4n) is 2.79. The van der Waals surface area contributed by atoms with Crippen LogP contribution in [0.4, 0.5) is 5.13 Å². The predicted molar refractivity (Wildman–Crippen MR) is 106 cm³/mol. The van der Waals surface area contributed by atoms with E-state index in [-0.39, 0.29) is 11.7 Å². The number of thiazole rings is 1. The molecule has 2 aromatic heterocycles. The molecule has 142 valence electrons. The molecular formula is C20H16N2O5S. The Morgan fingerprint density at radius 2 is 2.07 bits per heavy atom. The number of ether oxygens (including phenoxy) is 2. The summed E-state index contributed by atoms with van der Waals surface area (Å²) in [7, 11) is 1.54. The molecule has 4 aromatic rings. The zero-order valence-corrected chi connectivity index (χ0v) is 16.0. The number of hydrogen-bond acceptors (Lipinski definition) is 7. The van der Waals surface area contributed by atoms with Gasteiger partial charge in [0.2, 0.25) is 0 Å². The van der Waals surface area contributed by atoms with E-state index in [1.807, 2.05) is 12.1 Å². The van der Waals surface area contributed by atoms with Crippen LogP contribution in [0.3, 0.4) is 0 Å². The standard InChI is InChI=1S/C20H16N2O5S/c1-3-26-19(24)12-7-8-13-16(10-12)28-20(21-13)22-18(23)15-9-11-5-4-6-14(25-2)17(11)27-15/h4-10H,3H2,1-2H3,(H,21,22,23). The van der Waals surface area contributed by atoms with Gasteiger partial charge in [0.25, 0.3) is 5.91 Å². The highest BCUT2D eigenvalue weighted by Gasteiger charge is 2.17. The third-order valence-corrected chi connectivity index (χ3v) is 5.01. The van der Waals surface area contributed by atoms with Crippen molar-refractivity contribution >= 4 is 49.5 Å². The van der Waals surface area contributed by atoms with Gasteiger partial charge in [0.15, 0.2) is 22.2 Å². The first kappa shape index (κ1) is 18.0. The van der Waals surface area contributed by atoms with E-state index >= 15 is 0 Å². The van der Waals surface area contributed by atoms with E-state index in [1.165, 1.54) is 11.3 Å². The SMILES string of the molecule is CCOC(=O)c1ccc2nc(NC(=O)c3cc4cccc(OC)c4o3)sc2c1. The molecule has 0 saturated heterocycles. The number of anilines is 1. The minimum absolute atomic E-state index is 0.158. The number of carbonyl (C=O) groups is 2. The van der Waals surface area contributed by atoms with Gasteiger partial charge in [0, 0.05) is 5.39 Å². The highest BCUT2D eigenvalue weighted by Crippen LogP contribution is 2.30. The summed E-state index contributed by atoms with van der Waals surface area (Å²) in [6.07, 6.45) is 0. The van der Waals surface area contributed by atoms with Crippen LogP contribution in [-0.2, 0) is 4.74 Å². The fraction of sp³-hybridized carbons (Fsp3) is 0.150. The molecular weight excluding hydrogens is 380 g/mol. The van der Waals surface area contributed by atoms with Crippen LogP contribution in [0.25, 0.3) is 21.2 Å². The van der Waals surface area contributed by atoms with Crippen molar-refractivity contribution in [1.29, 1.82) is 0 Å². The van der Waals surface area contributed by atoms with E-state index < -0.39 is 5.91 Å². The molecule has 0 aliphatic rings. The van der Waals surface area contributed by atoms with Crippen molar-refractivity contribution < 1.29 is 23.5 Å². The Bertz CT molecular complexity index is 1190. The highest BCUT2D eigenvalue weighted by atomic mass is 32.1. The topological polar surface area (TPSA) is 90.7 Å². The Labute approximate surface area is 163 Å². The monoisotopic (exact) mass is 396 g/mol. The number of aromatic nitrogens is 1. The summed E-state index contributed by atoms with van der Waals surface area (Å²) in [5.74, 6) is -0.0865. The lowest BCUT2D eigenvalue weighted by molar-refractivity contribution is 0.0526. The summed E-state index contributed by atoms with van der Waals surface area (Å²) < 4.78 is 16.7. The van der Waals surface area contributed by atoms with E-state index in [2.05, 4.69) is 10.3 Å². The van der Waals surface area contributed by atoms with Crippen LogP contribution in [0.1, 0.15) is 27.8 Å². The average Bonchev–Trinajstić information content (AvgIpc) is 3.30. The third-order valence-electron chi connectivity index (χ3n) is 4.07. The van der Waals surface area contributed by atoms with Gasteiger partial charge in [-0.05, 0) is 37.3 Å². The second-order valence-electron chi connectivity index (χ2n) is 5.87. The zero-order valence-electron chi connectivity index (χ0n) is 15.1. The Balaban J connectivity index is 1.59. The second-order valence-corrected chi connectivity index (χ2v) is 6.90. The molecule has 0 radical (unpaired) electrons. The van der Waals surface area contributed by atoms with Crippen molar-refractivity contribution in [3.8, 4) is 5.75 Å². The summed E-state index contributed by atoms with van der Waals surface area (Å²) in [6.45, 7) is 2.06. The number of fused-ring (bicyclic) bond motifs is 2. The van der Waals surface area contributed by atoms with Crippen LogP contribution in [0.2, 0.25) is 0 Å². The summed E-state index contributed by atoms with van der Waals surface area (Å²) in [5, 5.41) is 3.92. The molecule has 0 saturated carbocycles. The van der Waals surface area contributed by atoms with E-state index in [0.29, 0.717) is 34.2 Å². The molecule has 0 bridgehead atoms. The smallest absolute Gasteiger partial charge is 0.338 e. The first-order valence-electron chi connectivity index (χ1n) is 8.54. The van der Waals surface area contributed by atoms with Gasteiger partial charge in [0.05, 0.1) is 29.5 Å². The van der Waals surface area contributed by atoms with Crippen LogP contribution in [0, 0.1) is 0 Å². The molecule has 8 heteroatoms. The lowest BCUT2D eigenvalue weighted by Crippen LogP contribution is -2.10. The van der Waals surface area contributed by atoms with Gasteiger partial charge >= 0.3 is 5.97 Å².